The lowest BCUT2D eigenvalue weighted by molar-refractivity contribution is -0.137. The van der Waals surface area contributed by atoms with Crippen molar-refractivity contribution in [3.8, 4) is 0 Å². The highest BCUT2D eigenvalue weighted by atomic mass is 79.9. The molecule has 130 valence electrons. The van der Waals surface area contributed by atoms with Gasteiger partial charge in [-0.15, -0.1) is 0 Å². The van der Waals surface area contributed by atoms with Crippen LogP contribution in [0.15, 0.2) is 21.6 Å². The summed E-state index contributed by atoms with van der Waals surface area (Å²) < 4.78 is 76.3. The number of benzene rings is 1. The number of hydrogen-bond acceptors (Lipinski definition) is 3. The number of hydrogen-bond donors (Lipinski definition) is 1. The minimum atomic E-state index is -4.67. The van der Waals surface area contributed by atoms with Gasteiger partial charge in [-0.05, 0) is 49.1 Å². The van der Waals surface area contributed by atoms with Crippen LogP contribution >= 0.6 is 15.9 Å². The molecule has 0 unspecified atom stereocenters. The van der Waals surface area contributed by atoms with E-state index in [0.29, 0.717) is 6.07 Å². The van der Waals surface area contributed by atoms with Crippen LogP contribution in [0, 0.1) is 0 Å². The fraction of sp³-hybridized carbons (Fsp3) is 0.462. The summed E-state index contributed by atoms with van der Waals surface area (Å²) in [5.74, 6) is 0. The molecule has 0 aromatic heterocycles. The molecule has 1 aromatic rings. The van der Waals surface area contributed by atoms with Gasteiger partial charge in [0.2, 0.25) is 0 Å². The van der Waals surface area contributed by atoms with Gasteiger partial charge in [0.1, 0.15) is 11.4 Å². The molecule has 0 aliphatic heterocycles. The Hall–Kier alpha value is -1.29. The van der Waals surface area contributed by atoms with Crippen LogP contribution in [0.5, 0.6) is 0 Å². The molecule has 10 heteroatoms. The Kier molecular flexibility index (Phi) is 6.08. The highest BCUT2D eigenvalue weighted by Gasteiger charge is 2.34. The molecule has 0 aliphatic rings. The minimum absolute atomic E-state index is 0.126. The lowest BCUT2D eigenvalue weighted by Crippen LogP contribution is -2.21. The third-order valence-electron chi connectivity index (χ3n) is 2.67. The number of anilines is 1. The van der Waals surface area contributed by atoms with Gasteiger partial charge < -0.3 is 5.32 Å². The maximum atomic E-state index is 12.9. The van der Waals surface area contributed by atoms with Crippen LogP contribution in [-0.2, 0) is 6.18 Å². The van der Waals surface area contributed by atoms with Crippen molar-refractivity contribution < 1.29 is 26.3 Å². The Morgan fingerprint density at radius 3 is 2.17 bits per heavy atom. The Labute approximate surface area is 137 Å². The molecule has 0 amide bonds. The van der Waals surface area contributed by atoms with Gasteiger partial charge in [0.25, 0.3) is 0 Å². The molecule has 23 heavy (non-hydrogen) atoms. The Balaban J connectivity index is 3.43. The van der Waals surface area contributed by atoms with Crippen molar-refractivity contribution in [1.29, 1.82) is 0 Å². The predicted molar refractivity (Wildman–Crippen MR) is 80.1 cm³/mol. The van der Waals surface area contributed by atoms with E-state index >= 15 is 0 Å². The van der Waals surface area contributed by atoms with Crippen molar-refractivity contribution in [1.82, 2.24) is 4.90 Å². The number of nitrogens with one attached hydrogen (secondary N) is 1. The lowest BCUT2D eigenvalue weighted by Gasteiger charge is -2.18. The Morgan fingerprint density at radius 2 is 1.74 bits per heavy atom. The van der Waals surface area contributed by atoms with Crippen LogP contribution in [-0.4, -0.2) is 37.6 Å². The molecule has 0 saturated carbocycles. The highest BCUT2D eigenvalue weighted by molar-refractivity contribution is 9.10. The molecule has 0 fully saturated rings. The van der Waals surface area contributed by atoms with E-state index in [0.717, 1.165) is 13.0 Å². The average molecular weight is 406 g/mol. The number of aliphatic imine (C=N–C) groups is 1. The van der Waals surface area contributed by atoms with E-state index in [-0.39, 0.29) is 22.5 Å². The van der Waals surface area contributed by atoms with E-state index < -0.39 is 23.6 Å². The van der Waals surface area contributed by atoms with E-state index in [9.17, 15) is 26.3 Å². The third kappa shape index (κ3) is 5.69. The molecule has 0 saturated heterocycles. The standard InChI is InChI=1S/C13H14BrF6N3/c1-7(12(15,16)17)22-11-9(14)4-8(13(18,19)20)5-10(11)21-6-23(2)3/h4-5,21H,6H2,1-3H3. The zero-order valence-electron chi connectivity index (χ0n) is 12.4. The van der Waals surface area contributed by atoms with Crippen molar-refractivity contribution in [2.24, 2.45) is 4.99 Å². The molecule has 0 spiro atoms. The monoisotopic (exact) mass is 405 g/mol. The van der Waals surface area contributed by atoms with Crippen molar-refractivity contribution in [2.45, 2.75) is 19.3 Å². The smallest absolute Gasteiger partial charge is 0.371 e. The first-order valence-corrected chi connectivity index (χ1v) is 7.03. The number of alkyl halides is 6. The molecular weight excluding hydrogens is 392 g/mol. The van der Waals surface area contributed by atoms with E-state index in [4.69, 9.17) is 0 Å². The summed E-state index contributed by atoms with van der Waals surface area (Å²) in [6.07, 6.45) is -9.29. The maximum Gasteiger partial charge on any atom is 0.429 e. The first-order valence-electron chi connectivity index (χ1n) is 6.24. The summed E-state index contributed by atoms with van der Waals surface area (Å²) in [5.41, 5.74) is -2.54. The topological polar surface area (TPSA) is 27.6 Å². The molecule has 0 aliphatic carbocycles. The van der Waals surface area contributed by atoms with Crippen LogP contribution in [0.25, 0.3) is 0 Å². The average Bonchev–Trinajstić information content (AvgIpc) is 2.36. The van der Waals surface area contributed by atoms with Gasteiger partial charge in [0, 0.05) is 4.47 Å². The molecule has 0 atom stereocenters. The second-order valence-electron chi connectivity index (χ2n) is 4.96. The molecule has 1 rings (SSSR count). The molecule has 1 aromatic carbocycles. The van der Waals surface area contributed by atoms with Crippen molar-refractivity contribution >= 4 is 33.0 Å². The summed E-state index contributed by atoms with van der Waals surface area (Å²) >= 11 is 2.86. The number of halogens is 7. The Morgan fingerprint density at radius 1 is 1.17 bits per heavy atom. The number of rotatable bonds is 4. The zero-order valence-corrected chi connectivity index (χ0v) is 14.0. The molecule has 0 bridgehead atoms. The van der Waals surface area contributed by atoms with E-state index in [2.05, 4.69) is 26.2 Å². The summed E-state index contributed by atoms with van der Waals surface area (Å²) in [6, 6.07) is 1.43. The first-order chi connectivity index (χ1) is 10.3. The van der Waals surface area contributed by atoms with Gasteiger partial charge in [-0.1, -0.05) is 0 Å². The fourth-order valence-corrected chi connectivity index (χ4v) is 2.03. The zero-order chi connectivity index (χ0) is 18.0. The second-order valence-corrected chi connectivity index (χ2v) is 5.82. The van der Waals surface area contributed by atoms with Gasteiger partial charge in [-0.25, -0.2) is 4.99 Å². The predicted octanol–water partition coefficient (Wildman–Crippen LogP) is 5.05. The van der Waals surface area contributed by atoms with Crippen LogP contribution in [0.2, 0.25) is 0 Å². The first kappa shape index (κ1) is 19.8. The van der Waals surface area contributed by atoms with Gasteiger partial charge in [0.15, 0.2) is 0 Å². The fourth-order valence-electron chi connectivity index (χ4n) is 1.49. The quantitative estimate of drug-likeness (QED) is 0.431. The Bertz CT molecular complexity index is 593. The van der Waals surface area contributed by atoms with Crippen molar-refractivity contribution in [3.63, 3.8) is 0 Å². The molecule has 1 N–H and O–H groups in total. The van der Waals surface area contributed by atoms with Crippen LogP contribution in [0.3, 0.4) is 0 Å². The lowest BCUT2D eigenvalue weighted by atomic mass is 10.1. The van der Waals surface area contributed by atoms with Gasteiger partial charge in [0.05, 0.1) is 17.9 Å². The van der Waals surface area contributed by atoms with E-state index in [1.807, 2.05) is 0 Å². The molecule has 0 heterocycles. The van der Waals surface area contributed by atoms with E-state index in [1.165, 1.54) is 0 Å². The summed E-state index contributed by atoms with van der Waals surface area (Å²) in [6.45, 7) is 0.876. The number of nitrogens with zero attached hydrogens (tertiary/aromatic N) is 2. The van der Waals surface area contributed by atoms with E-state index in [1.54, 1.807) is 19.0 Å². The second kappa shape index (κ2) is 7.08. The molecule has 0 radical (unpaired) electrons. The van der Waals surface area contributed by atoms with Crippen molar-refractivity contribution in [3.05, 3.63) is 22.2 Å². The molecular formula is C13H14BrF6N3. The largest absolute Gasteiger partial charge is 0.429 e. The molecule has 3 nitrogen and oxygen atoms in total. The normalized spacial score (nSPS) is 13.6. The van der Waals surface area contributed by atoms with Gasteiger partial charge in [-0.2, -0.15) is 26.3 Å². The van der Waals surface area contributed by atoms with Crippen LogP contribution in [0.4, 0.5) is 37.7 Å². The van der Waals surface area contributed by atoms with Crippen LogP contribution in [0.1, 0.15) is 12.5 Å². The van der Waals surface area contributed by atoms with Gasteiger partial charge >= 0.3 is 12.4 Å². The minimum Gasteiger partial charge on any atom is -0.371 e. The van der Waals surface area contributed by atoms with Crippen LogP contribution < -0.4 is 5.32 Å². The highest BCUT2D eigenvalue weighted by Crippen LogP contribution is 2.41. The third-order valence-corrected chi connectivity index (χ3v) is 3.27. The van der Waals surface area contributed by atoms with Gasteiger partial charge in [-0.3, -0.25) is 4.90 Å². The summed E-state index contributed by atoms with van der Waals surface area (Å²) in [5, 5.41) is 2.64. The summed E-state index contributed by atoms with van der Waals surface area (Å²) in [4.78, 5) is 5.04. The SMILES string of the molecule is CC(=Nc1c(Br)cc(C(F)(F)F)cc1NCN(C)C)C(F)(F)F. The van der Waals surface area contributed by atoms with Crippen molar-refractivity contribution in [2.75, 3.05) is 26.1 Å². The maximum absolute atomic E-state index is 12.9. The summed E-state index contributed by atoms with van der Waals surface area (Å²) in [7, 11) is 3.30.